The third-order valence-electron chi connectivity index (χ3n) is 2.37. The summed E-state index contributed by atoms with van der Waals surface area (Å²) >= 11 is 5.64. The van der Waals surface area contributed by atoms with Crippen LogP contribution in [0.15, 0.2) is 36.5 Å². The van der Waals surface area contributed by atoms with Gasteiger partial charge in [0.25, 0.3) is 0 Å². The molecule has 0 aliphatic carbocycles. The molecule has 0 radical (unpaired) electrons. The van der Waals surface area contributed by atoms with Gasteiger partial charge in [0.05, 0.1) is 11.1 Å². The molecular weight excluding hydrogens is 257 g/mol. The van der Waals surface area contributed by atoms with E-state index in [1.54, 1.807) is 25.1 Å². The molecule has 1 heterocycles. The molecule has 3 nitrogen and oxygen atoms in total. The third-order valence-corrected chi connectivity index (χ3v) is 2.66. The zero-order chi connectivity index (χ0) is 13.1. The molecule has 0 unspecified atom stereocenters. The Morgan fingerprint density at radius 3 is 2.72 bits per heavy atom. The van der Waals surface area contributed by atoms with Gasteiger partial charge in [0, 0.05) is 12.3 Å². The molecule has 0 spiro atoms. The van der Waals surface area contributed by atoms with Gasteiger partial charge in [0.1, 0.15) is 0 Å². The van der Waals surface area contributed by atoms with Gasteiger partial charge in [0.2, 0.25) is 5.88 Å². The molecule has 0 aliphatic heterocycles. The van der Waals surface area contributed by atoms with Crippen LogP contribution in [0.5, 0.6) is 11.6 Å². The first kappa shape index (κ1) is 12.8. The van der Waals surface area contributed by atoms with Crippen molar-refractivity contribution in [1.82, 2.24) is 4.98 Å². The van der Waals surface area contributed by atoms with E-state index in [0.717, 1.165) is 0 Å². The fourth-order valence-electron chi connectivity index (χ4n) is 1.37. The van der Waals surface area contributed by atoms with Gasteiger partial charge >= 0.3 is 0 Å². The van der Waals surface area contributed by atoms with Crippen molar-refractivity contribution in [1.29, 1.82) is 0 Å². The molecule has 0 aliphatic rings. The van der Waals surface area contributed by atoms with E-state index < -0.39 is 11.9 Å². The van der Waals surface area contributed by atoms with E-state index in [0.29, 0.717) is 5.56 Å². The van der Waals surface area contributed by atoms with Crippen LogP contribution in [-0.2, 0) is 0 Å². The molecule has 1 aromatic carbocycles. The average Bonchev–Trinajstić information content (AvgIpc) is 2.36. The van der Waals surface area contributed by atoms with Crippen LogP contribution in [0.1, 0.15) is 18.6 Å². The van der Waals surface area contributed by atoms with E-state index in [2.05, 4.69) is 4.98 Å². The summed E-state index contributed by atoms with van der Waals surface area (Å²) in [5.74, 6) is -0.374. The molecular formula is C13H11ClFNO2. The van der Waals surface area contributed by atoms with Crippen LogP contribution in [0.3, 0.4) is 0 Å². The van der Waals surface area contributed by atoms with E-state index in [9.17, 15) is 9.50 Å². The zero-order valence-corrected chi connectivity index (χ0v) is 10.4. The highest BCUT2D eigenvalue weighted by molar-refractivity contribution is 6.30. The molecule has 0 saturated carbocycles. The molecule has 2 aromatic rings. The highest BCUT2D eigenvalue weighted by Gasteiger charge is 2.09. The van der Waals surface area contributed by atoms with Crippen LogP contribution in [0.25, 0.3) is 0 Å². The fourth-order valence-corrected chi connectivity index (χ4v) is 1.54. The molecule has 0 fully saturated rings. The van der Waals surface area contributed by atoms with Crippen LogP contribution >= 0.6 is 11.6 Å². The second-order valence-electron chi connectivity index (χ2n) is 3.76. The van der Waals surface area contributed by atoms with Gasteiger partial charge in [-0.1, -0.05) is 17.7 Å². The predicted molar refractivity (Wildman–Crippen MR) is 66.4 cm³/mol. The lowest BCUT2D eigenvalue weighted by Crippen LogP contribution is -1.95. The lowest BCUT2D eigenvalue weighted by atomic mass is 10.2. The molecule has 18 heavy (non-hydrogen) atoms. The van der Waals surface area contributed by atoms with E-state index in [4.69, 9.17) is 16.3 Å². The third kappa shape index (κ3) is 2.78. The number of aliphatic hydroxyl groups excluding tert-OH is 1. The number of hydrogen-bond donors (Lipinski definition) is 1. The van der Waals surface area contributed by atoms with Crippen molar-refractivity contribution in [2.75, 3.05) is 0 Å². The van der Waals surface area contributed by atoms with E-state index >= 15 is 0 Å². The summed E-state index contributed by atoms with van der Waals surface area (Å²) in [6, 6.07) is 7.71. The molecule has 0 bridgehead atoms. The average molecular weight is 268 g/mol. The van der Waals surface area contributed by atoms with Crippen molar-refractivity contribution in [3.63, 3.8) is 0 Å². The molecule has 1 atom stereocenters. The van der Waals surface area contributed by atoms with Gasteiger partial charge < -0.3 is 9.84 Å². The summed E-state index contributed by atoms with van der Waals surface area (Å²) in [5.41, 5.74) is 0.661. The van der Waals surface area contributed by atoms with Crippen molar-refractivity contribution in [3.05, 3.63) is 52.9 Å². The minimum atomic E-state index is -0.624. The summed E-state index contributed by atoms with van der Waals surface area (Å²) in [6.45, 7) is 1.63. The first-order chi connectivity index (χ1) is 8.58. The van der Waals surface area contributed by atoms with Crippen molar-refractivity contribution in [3.8, 4) is 11.6 Å². The van der Waals surface area contributed by atoms with Gasteiger partial charge in [-0.3, -0.25) is 0 Å². The maximum absolute atomic E-state index is 13.6. The molecule has 1 N–H and O–H groups in total. The fraction of sp³-hybridized carbons (Fsp3) is 0.154. The number of nitrogens with zero attached hydrogens (tertiary/aromatic N) is 1. The minimum Gasteiger partial charge on any atom is -0.436 e. The van der Waals surface area contributed by atoms with Gasteiger partial charge in [-0.05, 0) is 30.7 Å². The second kappa shape index (κ2) is 5.33. The van der Waals surface area contributed by atoms with Crippen molar-refractivity contribution < 1.29 is 14.2 Å². The normalized spacial score (nSPS) is 12.2. The molecule has 1 aromatic heterocycles. The monoisotopic (exact) mass is 267 g/mol. The summed E-state index contributed by atoms with van der Waals surface area (Å²) < 4.78 is 18.8. The van der Waals surface area contributed by atoms with E-state index in [1.807, 2.05) is 0 Å². The number of halogens is 2. The van der Waals surface area contributed by atoms with Crippen molar-refractivity contribution in [2.24, 2.45) is 0 Å². The largest absolute Gasteiger partial charge is 0.436 e. The van der Waals surface area contributed by atoms with Crippen molar-refractivity contribution >= 4 is 11.6 Å². The first-order valence-corrected chi connectivity index (χ1v) is 5.71. The Morgan fingerprint density at radius 1 is 1.33 bits per heavy atom. The minimum absolute atomic E-state index is 0.00639. The van der Waals surface area contributed by atoms with Gasteiger partial charge in [-0.2, -0.15) is 0 Å². The smallest absolute Gasteiger partial charge is 0.219 e. The topological polar surface area (TPSA) is 42.4 Å². The number of hydrogen-bond acceptors (Lipinski definition) is 3. The number of rotatable bonds is 3. The SMILES string of the molecule is C[C@H](O)c1ccc(Oc2cccc(Cl)c2F)nc1. The lowest BCUT2D eigenvalue weighted by Gasteiger charge is -2.08. The number of ether oxygens (including phenoxy) is 1. The number of aromatic nitrogens is 1. The summed E-state index contributed by atoms with van der Waals surface area (Å²) in [7, 11) is 0. The van der Waals surface area contributed by atoms with Crippen molar-refractivity contribution in [2.45, 2.75) is 13.0 Å². The molecule has 0 amide bonds. The van der Waals surface area contributed by atoms with E-state index in [-0.39, 0.29) is 16.7 Å². The Hall–Kier alpha value is -1.65. The van der Waals surface area contributed by atoms with Gasteiger partial charge in [-0.15, -0.1) is 0 Å². The Labute approximate surface area is 109 Å². The van der Waals surface area contributed by atoms with Crippen LogP contribution in [0.2, 0.25) is 5.02 Å². The Bertz CT molecular complexity index is 543. The second-order valence-corrected chi connectivity index (χ2v) is 4.17. The highest BCUT2D eigenvalue weighted by Crippen LogP contribution is 2.28. The Morgan fingerprint density at radius 2 is 2.11 bits per heavy atom. The Balaban J connectivity index is 2.21. The molecule has 94 valence electrons. The number of aliphatic hydroxyl groups is 1. The maximum atomic E-state index is 13.6. The van der Waals surface area contributed by atoms with E-state index in [1.165, 1.54) is 18.3 Å². The number of pyridine rings is 1. The predicted octanol–water partition coefficient (Wildman–Crippen LogP) is 3.72. The van der Waals surface area contributed by atoms with Crippen LogP contribution in [-0.4, -0.2) is 10.1 Å². The standard InChI is InChI=1S/C13H11ClFNO2/c1-8(17)9-5-6-12(16-7-9)18-11-4-2-3-10(14)13(11)15/h2-8,17H,1H3/t8-/m0/s1. The quantitative estimate of drug-likeness (QED) is 0.922. The first-order valence-electron chi connectivity index (χ1n) is 5.34. The zero-order valence-electron chi connectivity index (χ0n) is 9.60. The Kier molecular flexibility index (Phi) is 3.79. The van der Waals surface area contributed by atoms with Gasteiger partial charge in [-0.25, -0.2) is 9.37 Å². The summed E-state index contributed by atoms with van der Waals surface area (Å²) in [6.07, 6.45) is 0.872. The number of benzene rings is 1. The van der Waals surface area contributed by atoms with Crippen LogP contribution in [0, 0.1) is 5.82 Å². The molecule has 5 heteroatoms. The molecule has 2 rings (SSSR count). The lowest BCUT2D eigenvalue weighted by molar-refractivity contribution is 0.198. The molecule has 0 saturated heterocycles. The maximum Gasteiger partial charge on any atom is 0.219 e. The summed E-state index contributed by atoms with van der Waals surface area (Å²) in [4.78, 5) is 3.97. The highest BCUT2D eigenvalue weighted by atomic mass is 35.5. The van der Waals surface area contributed by atoms with Crippen LogP contribution < -0.4 is 4.74 Å². The van der Waals surface area contributed by atoms with Crippen LogP contribution in [0.4, 0.5) is 4.39 Å². The summed E-state index contributed by atoms with van der Waals surface area (Å²) in [5, 5.41) is 9.32. The van der Waals surface area contributed by atoms with Gasteiger partial charge in [0.15, 0.2) is 11.6 Å².